The normalized spacial score (nSPS) is 18.7. The third-order valence-electron chi connectivity index (χ3n) is 6.88. The fourth-order valence-electron chi connectivity index (χ4n) is 5.32. The number of amides is 1. The molecule has 0 spiro atoms. The highest BCUT2D eigenvalue weighted by atomic mass is 79.9. The van der Waals surface area contributed by atoms with Crippen LogP contribution in [0, 0.1) is 0 Å². The van der Waals surface area contributed by atoms with E-state index in [4.69, 9.17) is 0 Å². The number of rotatable bonds is 3. The third kappa shape index (κ3) is 2.88. The van der Waals surface area contributed by atoms with Crippen molar-refractivity contribution in [2.75, 3.05) is 6.54 Å². The van der Waals surface area contributed by atoms with Crippen molar-refractivity contribution in [3.8, 4) is 11.4 Å². The summed E-state index contributed by atoms with van der Waals surface area (Å²) in [5, 5.41) is 0. The quantitative estimate of drug-likeness (QED) is 0.391. The molecule has 1 atom stereocenters. The summed E-state index contributed by atoms with van der Waals surface area (Å²) < 4.78 is 3.21. The average Bonchev–Trinajstić information content (AvgIpc) is 3.41. The number of hydrogen-bond acceptors (Lipinski definition) is 2. The van der Waals surface area contributed by atoms with Gasteiger partial charge >= 0.3 is 0 Å². The van der Waals surface area contributed by atoms with Gasteiger partial charge in [0.1, 0.15) is 11.4 Å². The van der Waals surface area contributed by atoms with Crippen molar-refractivity contribution in [2.24, 2.45) is 0 Å². The summed E-state index contributed by atoms with van der Waals surface area (Å²) in [5.41, 5.74) is 5.31. The number of carbonyl (C=O) groups is 1. The molecule has 0 saturated heterocycles. The number of imidazole rings is 1. The summed E-state index contributed by atoms with van der Waals surface area (Å²) in [4.78, 5) is 20.5. The van der Waals surface area contributed by atoms with Crippen LogP contribution in [-0.2, 0) is 23.3 Å². The molecule has 2 aliphatic heterocycles. The van der Waals surface area contributed by atoms with Gasteiger partial charge in [-0.05, 0) is 40.8 Å². The molecule has 1 aromatic heterocycles. The second-order valence-corrected chi connectivity index (χ2v) is 9.46. The Morgan fingerprint density at radius 3 is 2.56 bits per heavy atom. The molecule has 158 valence electrons. The fourth-order valence-corrected chi connectivity index (χ4v) is 5.59. The Balaban J connectivity index is 1.46. The van der Waals surface area contributed by atoms with Gasteiger partial charge in [-0.3, -0.25) is 4.79 Å². The lowest BCUT2D eigenvalue weighted by Crippen LogP contribution is -2.43. The Bertz CT molecular complexity index is 1330. The minimum Gasteiger partial charge on any atom is -0.338 e. The molecule has 32 heavy (non-hydrogen) atoms. The number of nitrogens with zero attached hydrogens (tertiary/aromatic N) is 3. The first-order valence-electron chi connectivity index (χ1n) is 10.9. The molecule has 4 aromatic rings. The van der Waals surface area contributed by atoms with E-state index in [0.717, 1.165) is 40.0 Å². The molecule has 6 rings (SSSR count). The van der Waals surface area contributed by atoms with Gasteiger partial charge in [-0.25, -0.2) is 4.98 Å². The van der Waals surface area contributed by atoms with Crippen LogP contribution in [0.5, 0.6) is 0 Å². The zero-order valence-corrected chi connectivity index (χ0v) is 19.1. The van der Waals surface area contributed by atoms with E-state index in [1.807, 2.05) is 23.4 Å². The van der Waals surface area contributed by atoms with Crippen LogP contribution >= 0.6 is 15.9 Å². The molecular weight excluding hydrogens is 462 g/mol. The molecule has 1 unspecified atom stereocenters. The van der Waals surface area contributed by atoms with Crippen LogP contribution in [0.15, 0.2) is 89.7 Å². The van der Waals surface area contributed by atoms with Gasteiger partial charge in [0.25, 0.3) is 0 Å². The molecular formula is C27H22BrN3O. The van der Waals surface area contributed by atoms with Crippen LogP contribution < -0.4 is 0 Å². The fraction of sp³-hybridized carbons (Fsp3) is 0.185. The van der Waals surface area contributed by atoms with Gasteiger partial charge < -0.3 is 9.47 Å². The lowest BCUT2D eigenvalue weighted by Gasteiger charge is -2.36. The summed E-state index contributed by atoms with van der Waals surface area (Å²) in [6.07, 6.45) is 5.11. The molecule has 0 bridgehead atoms. The van der Waals surface area contributed by atoms with Crippen molar-refractivity contribution < 1.29 is 4.79 Å². The van der Waals surface area contributed by atoms with Crippen molar-refractivity contribution in [3.63, 3.8) is 0 Å². The predicted octanol–water partition coefficient (Wildman–Crippen LogP) is 5.39. The standard InChI is InChI=1S/C27H22BrN3O/c28-22-11-9-21(10-12-22)27(24-8-4-3-7-23(24)26-29-14-16-31(26)27)17-25(32)30-15-13-19-5-1-2-6-20(19)18-30/h1-12,14,16H,13,15,17-18H2. The Morgan fingerprint density at radius 2 is 1.72 bits per heavy atom. The average molecular weight is 484 g/mol. The maximum Gasteiger partial charge on any atom is 0.225 e. The minimum atomic E-state index is -0.614. The predicted molar refractivity (Wildman–Crippen MR) is 128 cm³/mol. The second-order valence-electron chi connectivity index (χ2n) is 8.54. The lowest BCUT2D eigenvalue weighted by atomic mass is 9.79. The number of carbonyl (C=O) groups excluding carboxylic acids is 1. The first kappa shape index (κ1) is 19.5. The molecule has 0 saturated carbocycles. The molecule has 4 nitrogen and oxygen atoms in total. The van der Waals surface area contributed by atoms with Gasteiger partial charge in [-0.2, -0.15) is 0 Å². The Hall–Kier alpha value is -3.18. The third-order valence-corrected chi connectivity index (χ3v) is 7.41. The molecule has 0 fully saturated rings. The smallest absolute Gasteiger partial charge is 0.225 e. The van der Waals surface area contributed by atoms with E-state index >= 15 is 0 Å². The van der Waals surface area contributed by atoms with E-state index < -0.39 is 5.54 Å². The summed E-state index contributed by atoms with van der Waals surface area (Å²) in [6.45, 7) is 1.43. The molecule has 5 heteroatoms. The molecule has 1 amide bonds. The number of aromatic nitrogens is 2. The van der Waals surface area contributed by atoms with Crippen LogP contribution in [0.2, 0.25) is 0 Å². The highest BCUT2D eigenvalue weighted by Crippen LogP contribution is 2.49. The second kappa shape index (κ2) is 7.45. The van der Waals surface area contributed by atoms with Crippen LogP contribution in [-0.4, -0.2) is 26.9 Å². The molecule has 0 aliphatic carbocycles. The van der Waals surface area contributed by atoms with Crippen molar-refractivity contribution in [2.45, 2.75) is 24.9 Å². The van der Waals surface area contributed by atoms with Gasteiger partial charge in [0.05, 0.1) is 6.42 Å². The van der Waals surface area contributed by atoms with E-state index in [-0.39, 0.29) is 5.91 Å². The highest BCUT2D eigenvalue weighted by Gasteiger charge is 2.47. The Morgan fingerprint density at radius 1 is 0.969 bits per heavy atom. The summed E-state index contributed by atoms with van der Waals surface area (Å²) in [5.74, 6) is 1.08. The van der Waals surface area contributed by atoms with E-state index in [2.05, 4.69) is 92.2 Å². The van der Waals surface area contributed by atoms with Crippen molar-refractivity contribution >= 4 is 21.8 Å². The zero-order valence-electron chi connectivity index (χ0n) is 17.5. The maximum atomic E-state index is 13.8. The monoisotopic (exact) mass is 483 g/mol. The van der Waals surface area contributed by atoms with E-state index in [9.17, 15) is 4.79 Å². The number of fused-ring (bicyclic) bond motifs is 4. The number of benzene rings is 3. The molecule has 3 heterocycles. The van der Waals surface area contributed by atoms with Crippen molar-refractivity contribution in [3.05, 3.63) is 112 Å². The van der Waals surface area contributed by atoms with Crippen molar-refractivity contribution in [1.29, 1.82) is 0 Å². The first-order chi connectivity index (χ1) is 15.7. The highest BCUT2D eigenvalue weighted by molar-refractivity contribution is 9.10. The van der Waals surface area contributed by atoms with Crippen LogP contribution in [0.1, 0.15) is 28.7 Å². The van der Waals surface area contributed by atoms with Gasteiger partial charge in [0.15, 0.2) is 0 Å². The molecule has 0 N–H and O–H groups in total. The van der Waals surface area contributed by atoms with Crippen LogP contribution in [0.4, 0.5) is 0 Å². The molecule has 0 radical (unpaired) electrons. The van der Waals surface area contributed by atoms with Crippen LogP contribution in [0.25, 0.3) is 11.4 Å². The summed E-state index contributed by atoms with van der Waals surface area (Å²) >= 11 is 3.56. The first-order valence-corrected chi connectivity index (χ1v) is 11.7. The van der Waals surface area contributed by atoms with E-state index in [0.29, 0.717) is 13.0 Å². The number of hydrogen-bond donors (Lipinski definition) is 0. The lowest BCUT2D eigenvalue weighted by molar-refractivity contribution is -0.133. The minimum absolute atomic E-state index is 0.166. The molecule has 3 aromatic carbocycles. The van der Waals surface area contributed by atoms with Gasteiger partial charge in [-0.15, -0.1) is 0 Å². The number of halogens is 1. The van der Waals surface area contributed by atoms with Crippen molar-refractivity contribution in [1.82, 2.24) is 14.5 Å². The SMILES string of the molecule is O=C(CC1(c2ccc(Br)cc2)c2ccccc2-c2nccn21)N1CCc2ccccc2C1. The van der Waals surface area contributed by atoms with Gasteiger partial charge in [0, 0.05) is 35.5 Å². The summed E-state index contributed by atoms with van der Waals surface area (Å²) in [6, 6.07) is 25.1. The summed E-state index contributed by atoms with van der Waals surface area (Å²) in [7, 11) is 0. The largest absolute Gasteiger partial charge is 0.338 e. The van der Waals surface area contributed by atoms with Gasteiger partial charge in [-0.1, -0.05) is 76.6 Å². The maximum absolute atomic E-state index is 13.8. The zero-order chi connectivity index (χ0) is 21.7. The Labute approximate surface area is 195 Å². The van der Waals surface area contributed by atoms with Gasteiger partial charge in [0.2, 0.25) is 5.91 Å². The molecule has 2 aliphatic rings. The topological polar surface area (TPSA) is 38.1 Å². The van der Waals surface area contributed by atoms with E-state index in [1.54, 1.807) is 0 Å². The van der Waals surface area contributed by atoms with Crippen LogP contribution in [0.3, 0.4) is 0 Å². The van der Waals surface area contributed by atoms with E-state index in [1.165, 1.54) is 11.1 Å². The Kier molecular flexibility index (Phi) is 4.54.